The van der Waals surface area contributed by atoms with Crippen molar-refractivity contribution in [1.29, 1.82) is 0 Å². The molecule has 1 N–H and O–H groups in total. The third kappa shape index (κ3) is 2.99. The van der Waals surface area contributed by atoms with Crippen molar-refractivity contribution in [3.8, 4) is 5.75 Å². The summed E-state index contributed by atoms with van der Waals surface area (Å²) in [5.74, 6) is 0.967. The minimum Gasteiger partial charge on any atom is -0.494 e. The van der Waals surface area contributed by atoms with Crippen molar-refractivity contribution in [3.63, 3.8) is 0 Å². The summed E-state index contributed by atoms with van der Waals surface area (Å²) in [5, 5.41) is 3.42. The molecule has 1 atom stereocenters. The van der Waals surface area contributed by atoms with E-state index in [4.69, 9.17) is 4.74 Å². The molecule has 3 heteroatoms. The SMILES string of the molecule is CCOc1ccccc1C(NC)c1sc(C)cc1C. The van der Waals surface area contributed by atoms with Crippen LogP contribution in [0.2, 0.25) is 0 Å². The van der Waals surface area contributed by atoms with Gasteiger partial charge in [-0.05, 0) is 45.5 Å². The smallest absolute Gasteiger partial charge is 0.124 e. The standard InChI is InChI=1S/C16H21NOS/c1-5-18-14-9-7-6-8-13(14)15(17-4)16-11(2)10-12(3)19-16/h6-10,15,17H,5H2,1-4H3. The van der Waals surface area contributed by atoms with Gasteiger partial charge in [-0.1, -0.05) is 18.2 Å². The number of nitrogens with one attached hydrogen (secondary N) is 1. The molecular weight excluding hydrogens is 254 g/mol. The number of thiophene rings is 1. The zero-order chi connectivity index (χ0) is 13.8. The predicted molar refractivity (Wildman–Crippen MR) is 82.3 cm³/mol. The van der Waals surface area contributed by atoms with Crippen LogP contribution in [0.25, 0.3) is 0 Å². The summed E-state index contributed by atoms with van der Waals surface area (Å²) in [6.07, 6.45) is 0. The minimum absolute atomic E-state index is 0.196. The quantitative estimate of drug-likeness (QED) is 0.888. The van der Waals surface area contributed by atoms with Gasteiger partial charge in [0, 0.05) is 15.3 Å². The van der Waals surface area contributed by atoms with E-state index in [-0.39, 0.29) is 6.04 Å². The van der Waals surface area contributed by atoms with Gasteiger partial charge in [0.25, 0.3) is 0 Å². The Kier molecular flexibility index (Phi) is 4.61. The maximum atomic E-state index is 5.75. The first-order valence-corrected chi connectivity index (χ1v) is 7.45. The molecule has 0 saturated heterocycles. The normalized spacial score (nSPS) is 12.4. The molecule has 1 aromatic heterocycles. The number of benzene rings is 1. The Hall–Kier alpha value is -1.32. The molecule has 0 aliphatic carbocycles. The second kappa shape index (κ2) is 6.22. The first-order chi connectivity index (χ1) is 9.17. The van der Waals surface area contributed by atoms with Gasteiger partial charge in [0.2, 0.25) is 0 Å². The van der Waals surface area contributed by atoms with Crippen LogP contribution >= 0.6 is 11.3 Å². The van der Waals surface area contributed by atoms with Crippen LogP contribution in [0.3, 0.4) is 0 Å². The molecule has 1 aromatic carbocycles. The highest BCUT2D eigenvalue weighted by molar-refractivity contribution is 7.12. The van der Waals surface area contributed by atoms with Gasteiger partial charge in [-0.15, -0.1) is 11.3 Å². The Morgan fingerprint density at radius 3 is 2.58 bits per heavy atom. The van der Waals surface area contributed by atoms with Crippen LogP contribution in [-0.4, -0.2) is 13.7 Å². The van der Waals surface area contributed by atoms with Crippen molar-refractivity contribution in [2.45, 2.75) is 26.8 Å². The number of hydrogen-bond donors (Lipinski definition) is 1. The lowest BCUT2D eigenvalue weighted by Crippen LogP contribution is -2.18. The van der Waals surface area contributed by atoms with Crippen LogP contribution in [0.1, 0.15) is 33.8 Å². The summed E-state index contributed by atoms with van der Waals surface area (Å²) in [6, 6.07) is 10.7. The average molecular weight is 275 g/mol. The molecule has 0 bridgehead atoms. The highest BCUT2D eigenvalue weighted by atomic mass is 32.1. The molecule has 0 saturated carbocycles. The van der Waals surface area contributed by atoms with Gasteiger partial charge < -0.3 is 10.1 Å². The first kappa shape index (κ1) is 14.1. The average Bonchev–Trinajstić information content (AvgIpc) is 2.72. The number of ether oxygens (including phenoxy) is 1. The van der Waals surface area contributed by atoms with Gasteiger partial charge >= 0.3 is 0 Å². The Morgan fingerprint density at radius 1 is 1.26 bits per heavy atom. The number of aryl methyl sites for hydroxylation is 2. The molecule has 2 rings (SSSR count). The van der Waals surface area contributed by atoms with Crippen molar-refractivity contribution in [2.75, 3.05) is 13.7 Å². The van der Waals surface area contributed by atoms with Crippen molar-refractivity contribution in [3.05, 3.63) is 51.2 Å². The molecule has 0 aliphatic rings. The summed E-state index contributed by atoms with van der Waals surface area (Å²) in [4.78, 5) is 2.72. The number of hydrogen-bond acceptors (Lipinski definition) is 3. The molecule has 102 valence electrons. The van der Waals surface area contributed by atoms with E-state index in [0.29, 0.717) is 6.61 Å². The molecular formula is C16H21NOS. The van der Waals surface area contributed by atoms with Gasteiger partial charge in [0.15, 0.2) is 0 Å². The highest BCUT2D eigenvalue weighted by Crippen LogP contribution is 2.35. The summed E-state index contributed by atoms with van der Waals surface area (Å²) >= 11 is 1.85. The third-order valence-electron chi connectivity index (χ3n) is 3.16. The maximum Gasteiger partial charge on any atom is 0.124 e. The fourth-order valence-corrected chi connectivity index (χ4v) is 3.54. The van der Waals surface area contributed by atoms with Crippen molar-refractivity contribution in [2.24, 2.45) is 0 Å². The van der Waals surface area contributed by atoms with E-state index in [0.717, 1.165) is 5.75 Å². The van der Waals surface area contributed by atoms with Crippen LogP contribution < -0.4 is 10.1 Å². The molecule has 2 nitrogen and oxygen atoms in total. The van der Waals surface area contributed by atoms with Gasteiger partial charge in [0.05, 0.1) is 12.6 Å². The van der Waals surface area contributed by atoms with Crippen molar-refractivity contribution >= 4 is 11.3 Å². The maximum absolute atomic E-state index is 5.75. The zero-order valence-corrected chi connectivity index (χ0v) is 12.8. The molecule has 0 fully saturated rings. The van der Waals surface area contributed by atoms with Gasteiger partial charge in [-0.3, -0.25) is 0 Å². The van der Waals surface area contributed by atoms with Crippen molar-refractivity contribution < 1.29 is 4.74 Å². The van der Waals surface area contributed by atoms with E-state index in [1.807, 2.05) is 37.4 Å². The van der Waals surface area contributed by atoms with E-state index in [2.05, 4.69) is 37.4 Å². The monoisotopic (exact) mass is 275 g/mol. The Bertz CT molecular complexity index is 547. The second-order valence-electron chi connectivity index (χ2n) is 4.60. The summed E-state index contributed by atoms with van der Waals surface area (Å²) in [7, 11) is 2.00. The number of rotatable bonds is 5. The molecule has 1 unspecified atom stereocenters. The molecule has 0 aliphatic heterocycles. The lowest BCUT2D eigenvalue weighted by Gasteiger charge is -2.19. The Labute approximate surface area is 119 Å². The molecule has 19 heavy (non-hydrogen) atoms. The molecule has 0 radical (unpaired) electrons. The minimum atomic E-state index is 0.196. The van der Waals surface area contributed by atoms with E-state index in [9.17, 15) is 0 Å². The summed E-state index contributed by atoms with van der Waals surface area (Å²) < 4.78 is 5.75. The zero-order valence-electron chi connectivity index (χ0n) is 12.0. The van der Waals surface area contributed by atoms with Gasteiger partial charge in [-0.25, -0.2) is 0 Å². The van der Waals surface area contributed by atoms with Crippen LogP contribution in [0.15, 0.2) is 30.3 Å². The third-order valence-corrected chi connectivity index (χ3v) is 4.38. The highest BCUT2D eigenvalue weighted by Gasteiger charge is 2.20. The Balaban J connectivity index is 2.45. The van der Waals surface area contributed by atoms with Crippen LogP contribution in [0.5, 0.6) is 5.75 Å². The van der Waals surface area contributed by atoms with E-state index in [1.165, 1.54) is 20.9 Å². The first-order valence-electron chi connectivity index (χ1n) is 6.63. The topological polar surface area (TPSA) is 21.3 Å². The molecule has 2 aromatic rings. The summed E-state index contributed by atoms with van der Waals surface area (Å²) in [6.45, 7) is 7.04. The fraction of sp³-hybridized carbons (Fsp3) is 0.375. The van der Waals surface area contributed by atoms with Crippen LogP contribution in [0, 0.1) is 13.8 Å². The lowest BCUT2D eigenvalue weighted by atomic mass is 10.0. The fourth-order valence-electron chi connectivity index (χ4n) is 2.38. The summed E-state index contributed by atoms with van der Waals surface area (Å²) in [5.41, 5.74) is 2.55. The number of para-hydroxylation sites is 1. The molecule has 0 spiro atoms. The molecule has 0 amide bonds. The van der Waals surface area contributed by atoms with Crippen LogP contribution in [-0.2, 0) is 0 Å². The van der Waals surface area contributed by atoms with Crippen LogP contribution in [0.4, 0.5) is 0 Å². The van der Waals surface area contributed by atoms with E-state index < -0.39 is 0 Å². The van der Waals surface area contributed by atoms with E-state index >= 15 is 0 Å². The van der Waals surface area contributed by atoms with E-state index in [1.54, 1.807) is 0 Å². The lowest BCUT2D eigenvalue weighted by molar-refractivity contribution is 0.334. The van der Waals surface area contributed by atoms with Gasteiger partial charge in [-0.2, -0.15) is 0 Å². The Morgan fingerprint density at radius 2 is 2.00 bits per heavy atom. The van der Waals surface area contributed by atoms with Crippen molar-refractivity contribution in [1.82, 2.24) is 5.32 Å². The van der Waals surface area contributed by atoms with Gasteiger partial charge in [0.1, 0.15) is 5.75 Å². The second-order valence-corrected chi connectivity index (χ2v) is 5.88. The molecule has 1 heterocycles. The predicted octanol–water partition coefficient (Wildman–Crippen LogP) is 4.07. The largest absolute Gasteiger partial charge is 0.494 e.